The number of fused-ring (bicyclic) bond motifs is 1. The average Bonchev–Trinajstić information content (AvgIpc) is 2.67. The molecule has 130 valence electrons. The molecule has 1 heterocycles. The summed E-state index contributed by atoms with van der Waals surface area (Å²) in [6.07, 6.45) is 7.68. The Balaban J connectivity index is 1.72. The fourth-order valence-electron chi connectivity index (χ4n) is 3.30. The molecule has 2 aliphatic rings. The number of nitrogens with zero attached hydrogens (tertiary/aromatic N) is 2. The molecule has 1 amide bonds. The van der Waals surface area contributed by atoms with Gasteiger partial charge in [0.2, 0.25) is 0 Å². The molecule has 1 aliphatic heterocycles. The molecule has 0 saturated heterocycles. The number of nitrogens with two attached hydrogens (primary N) is 1. The van der Waals surface area contributed by atoms with Crippen LogP contribution in [-0.2, 0) is 11.3 Å². The van der Waals surface area contributed by atoms with Gasteiger partial charge in [-0.05, 0) is 35.4 Å². The molecule has 0 aromatic heterocycles. The number of carbonyl (C=O) groups is 1. The van der Waals surface area contributed by atoms with E-state index in [2.05, 4.69) is 5.10 Å². The molecule has 26 heavy (non-hydrogen) atoms. The molecule has 2 aromatic carbocycles. The summed E-state index contributed by atoms with van der Waals surface area (Å²) in [6.45, 7) is 0.366. The van der Waals surface area contributed by atoms with E-state index in [1.807, 2.05) is 36.4 Å². The van der Waals surface area contributed by atoms with Crippen molar-refractivity contribution in [3.8, 4) is 0 Å². The minimum absolute atomic E-state index is 0.0433. The van der Waals surface area contributed by atoms with Crippen LogP contribution in [0.2, 0.25) is 0 Å². The zero-order valence-corrected chi connectivity index (χ0v) is 14.0. The number of allylic oxidation sites excluding steroid dienone is 3. The summed E-state index contributed by atoms with van der Waals surface area (Å²) >= 11 is 0. The van der Waals surface area contributed by atoms with Crippen LogP contribution in [-0.4, -0.2) is 16.6 Å². The van der Waals surface area contributed by atoms with E-state index < -0.39 is 0 Å². The number of anilines is 1. The van der Waals surface area contributed by atoms with Gasteiger partial charge in [0, 0.05) is 11.6 Å². The summed E-state index contributed by atoms with van der Waals surface area (Å²) in [5.74, 6) is -0.777. The van der Waals surface area contributed by atoms with Crippen molar-refractivity contribution in [1.82, 2.24) is 5.01 Å². The summed E-state index contributed by atoms with van der Waals surface area (Å²) in [5, 5.41) is 6.12. The summed E-state index contributed by atoms with van der Waals surface area (Å²) in [4.78, 5) is 12.9. The van der Waals surface area contributed by atoms with Crippen molar-refractivity contribution in [2.45, 2.75) is 6.54 Å². The first kappa shape index (κ1) is 16.3. The second kappa shape index (κ2) is 6.59. The van der Waals surface area contributed by atoms with Crippen LogP contribution in [0.4, 0.5) is 10.1 Å². The highest BCUT2D eigenvalue weighted by atomic mass is 19.1. The molecule has 0 radical (unpaired) electrons. The summed E-state index contributed by atoms with van der Waals surface area (Å²) in [7, 11) is 0. The number of nitrogen functional groups attached to an aromatic ring is 1. The van der Waals surface area contributed by atoms with E-state index in [0.717, 1.165) is 16.8 Å². The Bertz CT molecular complexity index is 913. The Kier molecular flexibility index (Phi) is 4.13. The number of hydrazone groups is 1. The van der Waals surface area contributed by atoms with Gasteiger partial charge < -0.3 is 5.73 Å². The number of carbonyl (C=O) groups excluding carboxylic acids is 1. The molecule has 2 unspecified atom stereocenters. The summed E-state index contributed by atoms with van der Waals surface area (Å²) in [6, 6.07) is 13.6. The van der Waals surface area contributed by atoms with Gasteiger partial charge in [-0.25, -0.2) is 9.40 Å². The molecule has 0 spiro atoms. The van der Waals surface area contributed by atoms with Crippen LogP contribution in [0.5, 0.6) is 0 Å². The lowest BCUT2D eigenvalue weighted by atomic mass is 9.80. The maximum absolute atomic E-state index is 13.3. The SMILES string of the molecule is Nc1ccc(CN2N=C(c3ccc(F)cc3)C3C=CC=CC3C2=O)cc1. The van der Waals surface area contributed by atoms with E-state index in [-0.39, 0.29) is 23.6 Å². The van der Waals surface area contributed by atoms with Gasteiger partial charge in [0.15, 0.2) is 0 Å². The third-order valence-electron chi connectivity index (χ3n) is 4.67. The van der Waals surface area contributed by atoms with Crippen LogP contribution in [0.3, 0.4) is 0 Å². The summed E-state index contributed by atoms with van der Waals surface area (Å²) in [5.41, 5.74) is 8.94. The maximum Gasteiger partial charge on any atom is 0.250 e. The standard InChI is InChI=1S/C21H18FN3O/c22-16-9-7-15(8-10-16)20-18-3-1-2-4-19(18)21(26)25(24-20)13-14-5-11-17(23)12-6-14/h1-12,18-19H,13,23H2. The normalized spacial score (nSPS) is 21.5. The third kappa shape index (κ3) is 3.04. The van der Waals surface area contributed by atoms with Crippen molar-refractivity contribution in [2.75, 3.05) is 5.73 Å². The van der Waals surface area contributed by atoms with Crippen LogP contribution in [0.1, 0.15) is 11.1 Å². The first-order valence-electron chi connectivity index (χ1n) is 8.47. The second-order valence-corrected chi connectivity index (χ2v) is 6.45. The highest BCUT2D eigenvalue weighted by Crippen LogP contribution is 2.31. The highest BCUT2D eigenvalue weighted by molar-refractivity contribution is 6.08. The number of halogens is 1. The number of hydrogen-bond acceptors (Lipinski definition) is 3. The van der Waals surface area contributed by atoms with Crippen molar-refractivity contribution in [1.29, 1.82) is 0 Å². The molecular formula is C21H18FN3O. The van der Waals surface area contributed by atoms with E-state index in [1.165, 1.54) is 17.1 Å². The smallest absolute Gasteiger partial charge is 0.250 e. The van der Waals surface area contributed by atoms with Gasteiger partial charge in [0.25, 0.3) is 5.91 Å². The van der Waals surface area contributed by atoms with Crippen molar-refractivity contribution in [3.05, 3.63) is 89.8 Å². The lowest BCUT2D eigenvalue weighted by Crippen LogP contribution is -2.43. The van der Waals surface area contributed by atoms with Gasteiger partial charge in [-0.15, -0.1) is 0 Å². The molecule has 2 atom stereocenters. The Morgan fingerprint density at radius 3 is 2.31 bits per heavy atom. The number of amides is 1. The zero-order chi connectivity index (χ0) is 18.1. The van der Waals surface area contributed by atoms with Crippen molar-refractivity contribution in [3.63, 3.8) is 0 Å². The first-order valence-corrected chi connectivity index (χ1v) is 8.47. The first-order chi connectivity index (χ1) is 12.6. The van der Waals surface area contributed by atoms with Crippen LogP contribution >= 0.6 is 0 Å². The minimum atomic E-state index is -0.300. The van der Waals surface area contributed by atoms with Crippen LogP contribution < -0.4 is 5.73 Å². The quantitative estimate of drug-likeness (QED) is 0.864. The van der Waals surface area contributed by atoms with Gasteiger partial charge in [0.05, 0.1) is 18.2 Å². The Morgan fingerprint density at radius 2 is 1.62 bits per heavy atom. The molecule has 2 N–H and O–H groups in total. The topological polar surface area (TPSA) is 58.7 Å². The fraction of sp³-hybridized carbons (Fsp3) is 0.143. The van der Waals surface area contributed by atoms with Crippen molar-refractivity contribution < 1.29 is 9.18 Å². The lowest BCUT2D eigenvalue weighted by molar-refractivity contribution is -0.136. The Hall–Kier alpha value is -3.21. The Morgan fingerprint density at radius 1 is 0.962 bits per heavy atom. The molecule has 1 aliphatic carbocycles. The zero-order valence-electron chi connectivity index (χ0n) is 14.0. The van der Waals surface area contributed by atoms with Gasteiger partial charge in [0.1, 0.15) is 5.82 Å². The average molecular weight is 347 g/mol. The van der Waals surface area contributed by atoms with Gasteiger partial charge in [-0.1, -0.05) is 48.6 Å². The van der Waals surface area contributed by atoms with Gasteiger partial charge in [-0.2, -0.15) is 5.10 Å². The molecule has 0 saturated carbocycles. The predicted molar refractivity (Wildman–Crippen MR) is 99.6 cm³/mol. The number of hydrogen-bond donors (Lipinski definition) is 1. The molecule has 0 bridgehead atoms. The number of benzene rings is 2. The van der Waals surface area contributed by atoms with Gasteiger partial charge >= 0.3 is 0 Å². The fourth-order valence-corrected chi connectivity index (χ4v) is 3.30. The molecule has 2 aromatic rings. The van der Waals surface area contributed by atoms with Gasteiger partial charge in [-0.3, -0.25) is 4.79 Å². The van der Waals surface area contributed by atoms with E-state index >= 15 is 0 Å². The molecular weight excluding hydrogens is 329 g/mol. The van der Waals surface area contributed by atoms with Crippen LogP contribution in [0.25, 0.3) is 0 Å². The second-order valence-electron chi connectivity index (χ2n) is 6.45. The van der Waals surface area contributed by atoms with Crippen molar-refractivity contribution in [2.24, 2.45) is 16.9 Å². The highest BCUT2D eigenvalue weighted by Gasteiger charge is 2.37. The maximum atomic E-state index is 13.3. The Labute approximate surface area is 151 Å². The van der Waals surface area contributed by atoms with Crippen molar-refractivity contribution >= 4 is 17.3 Å². The van der Waals surface area contributed by atoms with E-state index in [9.17, 15) is 9.18 Å². The third-order valence-corrected chi connectivity index (χ3v) is 4.67. The lowest BCUT2D eigenvalue weighted by Gasteiger charge is -2.34. The van der Waals surface area contributed by atoms with Crippen LogP contribution in [0.15, 0.2) is 77.9 Å². The predicted octanol–water partition coefficient (Wildman–Crippen LogP) is 3.51. The number of rotatable bonds is 3. The molecule has 0 fully saturated rings. The molecule has 4 rings (SSSR count). The largest absolute Gasteiger partial charge is 0.399 e. The van der Waals surface area contributed by atoms with Crippen LogP contribution in [0, 0.1) is 17.7 Å². The van der Waals surface area contributed by atoms with E-state index in [1.54, 1.807) is 24.3 Å². The molecule has 5 heteroatoms. The minimum Gasteiger partial charge on any atom is -0.399 e. The monoisotopic (exact) mass is 347 g/mol. The van der Waals surface area contributed by atoms with E-state index in [0.29, 0.717) is 12.2 Å². The summed E-state index contributed by atoms with van der Waals surface area (Å²) < 4.78 is 13.3. The molecule has 4 nitrogen and oxygen atoms in total. The van der Waals surface area contributed by atoms with E-state index in [4.69, 9.17) is 5.73 Å².